The molecule has 0 aliphatic rings. The molecule has 0 saturated carbocycles. The van der Waals surface area contributed by atoms with Gasteiger partial charge in [-0.3, -0.25) is 9.10 Å². The van der Waals surface area contributed by atoms with Gasteiger partial charge in [-0.05, 0) is 55.7 Å². The van der Waals surface area contributed by atoms with Crippen molar-refractivity contribution in [3.63, 3.8) is 0 Å². The molecule has 0 fully saturated rings. The van der Waals surface area contributed by atoms with Gasteiger partial charge in [-0.15, -0.1) is 0 Å². The van der Waals surface area contributed by atoms with E-state index in [0.29, 0.717) is 11.4 Å². The van der Waals surface area contributed by atoms with Gasteiger partial charge in [-0.25, -0.2) is 8.42 Å². The quantitative estimate of drug-likeness (QED) is 0.905. The standard InChI is InChI=1S/C18H22N2O3S/c1-13-7-5-9-16(11-13)19-18(21)12-20(24(4,22)23)17-10-6-8-14(2)15(17)3/h5-11H,12H2,1-4H3,(H,19,21). The molecule has 0 aromatic heterocycles. The molecular formula is C18H22N2O3S. The number of sulfonamides is 1. The maximum atomic E-state index is 12.3. The lowest BCUT2D eigenvalue weighted by Crippen LogP contribution is -2.38. The van der Waals surface area contributed by atoms with E-state index >= 15 is 0 Å². The van der Waals surface area contributed by atoms with E-state index in [1.165, 1.54) is 0 Å². The highest BCUT2D eigenvalue weighted by atomic mass is 32.2. The minimum atomic E-state index is -3.58. The number of nitrogens with zero attached hydrogens (tertiary/aromatic N) is 1. The van der Waals surface area contributed by atoms with Crippen LogP contribution in [0.5, 0.6) is 0 Å². The Balaban J connectivity index is 2.27. The van der Waals surface area contributed by atoms with Gasteiger partial charge in [0.2, 0.25) is 15.9 Å². The van der Waals surface area contributed by atoms with Crippen LogP contribution in [0.2, 0.25) is 0 Å². The molecule has 2 aromatic carbocycles. The SMILES string of the molecule is Cc1cccc(NC(=O)CN(c2cccc(C)c2C)S(C)(=O)=O)c1. The first-order chi connectivity index (χ1) is 11.2. The molecule has 0 saturated heterocycles. The number of hydrogen-bond acceptors (Lipinski definition) is 3. The Hall–Kier alpha value is -2.34. The molecule has 0 unspecified atom stereocenters. The summed E-state index contributed by atoms with van der Waals surface area (Å²) in [6.07, 6.45) is 1.11. The number of carbonyl (C=O) groups is 1. The third-order valence-electron chi connectivity index (χ3n) is 3.83. The molecule has 1 N–H and O–H groups in total. The van der Waals surface area contributed by atoms with E-state index in [9.17, 15) is 13.2 Å². The zero-order valence-electron chi connectivity index (χ0n) is 14.3. The molecule has 0 atom stereocenters. The molecule has 0 radical (unpaired) electrons. The van der Waals surface area contributed by atoms with E-state index in [4.69, 9.17) is 0 Å². The second kappa shape index (κ2) is 7.05. The fraction of sp³-hybridized carbons (Fsp3) is 0.278. The van der Waals surface area contributed by atoms with Crippen LogP contribution in [0.15, 0.2) is 42.5 Å². The summed E-state index contributed by atoms with van der Waals surface area (Å²) in [7, 11) is -3.58. The number of rotatable bonds is 5. The number of anilines is 2. The Bertz CT molecular complexity index is 860. The summed E-state index contributed by atoms with van der Waals surface area (Å²) in [5.41, 5.74) is 4.00. The summed E-state index contributed by atoms with van der Waals surface area (Å²) in [6, 6.07) is 12.8. The van der Waals surface area contributed by atoms with E-state index in [1.54, 1.807) is 18.2 Å². The Morgan fingerprint density at radius 2 is 1.75 bits per heavy atom. The molecule has 5 nitrogen and oxygen atoms in total. The number of carbonyl (C=O) groups excluding carboxylic acids is 1. The predicted octanol–water partition coefficient (Wildman–Crippen LogP) is 3.02. The van der Waals surface area contributed by atoms with Gasteiger partial charge in [0, 0.05) is 5.69 Å². The lowest BCUT2D eigenvalue weighted by molar-refractivity contribution is -0.114. The summed E-state index contributed by atoms with van der Waals surface area (Å²) in [5.74, 6) is -0.382. The van der Waals surface area contributed by atoms with Gasteiger partial charge in [-0.2, -0.15) is 0 Å². The van der Waals surface area contributed by atoms with Crippen molar-refractivity contribution in [3.05, 3.63) is 59.2 Å². The van der Waals surface area contributed by atoms with Gasteiger partial charge in [-0.1, -0.05) is 24.3 Å². The molecule has 6 heteroatoms. The molecule has 24 heavy (non-hydrogen) atoms. The van der Waals surface area contributed by atoms with Crippen molar-refractivity contribution in [2.24, 2.45) is 0 Å². The molecule has 2 aromatic rings. The first-order valence-corrected chi connectivity index (χ1v) is 9.44. The van der Waals surface area contributed by atoms with Crippen LogP contribution in [0.25, 0.3) is 0 Å². The number of benzene rings is 2. The van der Waals surface area contributed by atoms with Crippen LogP contribution in [-0.2, 0) is 14.8 Å². The smallest absolute Gasteiger partial charge is 0.245 e. The van der Waals surface area contributed by atoms with E-state index in [0.717, 1.165) is 27.3 Å². The van der Waals surface area contributed by atoms with Gasteiger partial charge in [0.1, 0.15) is 6.54 Å². The zero-order chi connectivity index (χ0) is 17.9. The maximum Gasteiger partial charge on any atom is 0.245 e. The lowest BCUT2D eigenvalue weighted by atomic mass is 10.1. The second-order valence-corrected chi connectivity index (χ2v) is 7.81. The largest absolute Gasteiger partial charge is 0.325 e. The van der Waals surface area contributed by atoms with Crippen molar-refractivity contribution in [2.75, 3.05) is 22.4 Å². The third kappa shape index (κ3) is 4.35. The van der Waals surface area contributed by atoms with Crippen LogP contribution >= 0.6 is 0 Å². The van der Waals surface area contributed by atoms with Crippen molar-refractivity contribution in [1.29, 1.82) is 0 Å². The van der Waals surface area contributed by atoms with E-state index < -0.39 is 10.0 Å². The predicted molar refractivity (Wildman–Crippen MR) is 97.9 cm³/mol. The summed E-state index contributed by atoms with van der Waals surface area (Å²) < 4.78 is 25.5. The minimum Gasteiger partial charge on any atom is -0.325 e. The third-order valence-corrected chi connectivity index (χ3v) is 4.96. The van der Waals surface area contributed by atoms with Crippen molar-refractivity contribution >= 4 is 27.3 Å². The van der Waals surface area contributed by atoms with Crippen LogP contribution in [0.4, 0.5) is 11.4 Å². The molecule has 0 aliphatic heterocycles. The van der Waals surface area contributed by atoms with Crippen LogP contribution in [-0.4, -0.2) is 27.1 Å². The molecular weight excluding hydrogens is 324 g/mol. The topological polar surface area (TPSA) is 66.5 Å². The van der Waals surface area contributed by atoms with Crippen molar-refractivity contribution in [1.82, 2.24) is 0 Å². The highest BCUT2D eigenvalue weighted by Gasteiger charge is 2.22. The lowest BCUT2D eigenvalue weighted by Gasteiger charge is -2.24. The zero-order valence-corrected chi connectivity index (χ0v) is 15.1. The van der Waals surface area contributed by atoms with Gasteiger partial charge in [0.15, 0.2) is 0 Å². The van der Waals surface area contributed by atoms with Crippen molar-refractivity contribution in [3.8, 4) is 0 Å². The number of nitrogens with one attached hydrogen (secondary N) is 1. The van der Waals surface area contributed by atoms with Gasteiger partial charge >= 0.3 is 0 Å². The van der Waals surface area contributed by atoms with Crippen molar-refractivity contribution < 1.29 is 13.2 Å². The number of aryl methyl sites for hydroxylation is 2. The summed E-state index contributed by atoms with van der Waals surface area (Å²) in [4.78, 5) is 12.3. The maximum absolute atomic E-state index is 12.3. The van der Waals surface area contributed by atoms with Crippen LogP contribution in [0.3, 0.4) is 0 Å². The summed E-state index contributed by atoms with van der Waals surface area (Å²) in [6.45, 7) is 5.42. The average molecular weight is 346 g/mol. The number of amides is 1. The Morgan fingerprint density at radius 3 is 2.38 bits per heavy atom. The van der Waals surface area contributed by atoms with Crippen LogP contribution in [0.1, 0.15) is 16.7 Å². The molecule has 0 aliphatic carbocycles. The van der Waals surface area contributed by atoms with E-state index in [-0.39, 0.29) is 12.5 Å². The normalized spacial score (nSPS) is 11.2. The van der Waals surface area contributed by atoms with Crippen molar-refractivity contribution in [2.45, 2.75) is 20.8 Å². The fourth-order valence-electron chi connectivity index (χ4n) is 2.44. The fourth-order valence-corrected chi connectivity index (χ4v) is 3.35. The molecule has 1 amide bonds. The van der Waals surface area contributed by atoms with Crippen LogP contribution < -0.4 is 9.62 Å². The molecule has 0 spiro atoms. The average Bonchev–Trinajstić information content (AvgIpc) is 2.47. The van der Waals surface area contributed by atoms with Gasteiger partial charge < -0.3 is 5.32 Å². The molecule has 2 rings (SSSR count). The molecule has 0 bridgehead atoms. The highest BCUT2D eigenvalue weighted by Crippen LogP contribution is 2.25. The van der Waals surface area contributed by atoms with Gasteiger partial charge in [0.25, 0.3) is 0 Å². The Kier molecular flexibility index (Phi) is 5.29. The Labute approximate surface area is 143 Å². The second-order valence-electron chi connectivity index (χ2n) is 5.91. The monoisotopic (exact) mass is 346 g/mol. The van der Waals surface area contributed by atoms with Crippen LogP contribution in [0, 0.1) is 20.8 Å². The molecule has 128 valence electrons. The summed E-state index contributed by atoms with van der Waals surface area (Å²) in [5, 5.41) is 2.74. The Morgan fingerprint density at radius 1 is 1.08 bits per heavy atom. The first-order valence-electron chi connectivity index (χ1n) is 7.59. The molecule has 0 heterocycles. The van der Waals surface area contributed by atoms with E-state index in [1.807, 2.05) is 45.0 Å². The minimum absolute atomic E-state index is 0.267. The highest BCUT2D eigenvalue weighted by molar-refractivity contribution is 7.92. The summed E-state index contributed by atoms with van der Waals surface area (Å²) >= 11 is 0. The number of hydrogen-bond donors (Lipinski definition) is 1. The van der Waals surface area contributed by atoms with Gasteiger partial charge in [0.05, 0.1) is 11.9 Å². The van der Waals surface area contributed by atoms with E-state index in [2.05, 4.69) is 5.32 Å². The first kappa shape index (κ1) is 18.0.